The maximum Gasteiger partial charge on any atom is 0.332 e. The summed E-state index contributed by atoms with van der Waals surface area (Å²) in [6.45, 7) is 0.351. The standard InChI is InChI=1S/C12H12N2O4S/c15-11-10-8(3-4-19-10)13-6-14(11)5-7-1-2-9(18-7)12(16)17/h3-4,6-7,9H,1-2,5H2,(H,16,17). The smallest absolute Gasteiger partial charge is 0.332 e. The molecule has 0 amide bonds. The first-order chi connectivity index (χ1) is 9.15. The molecule has 0 saturated carbocycles. The van der Waals surface area contributed by atoms with Gasteiger partial charge in [-0.25, -0.2) is 9.78 Å². The van der Waals surface area contributed by atoms with Crippen LogP contribution in [0.3, 0.4) is 0 Å². The van der Waals surface area contributed by atoms with Crippen molar-refractivity contribution in [3.05, 3.63) is 28.1 Å². The molecule has 1 aliphatic rings. The summed E-state index contributed by atoms with van der Waals surface area (Å²) in [5.74, 6) is -0.943. The number of fused-ring (bicyclic) bond motifs is 1. The molecule has 7 heteroatoms. The molecule has 1 saturated heterocycles. The lowest BCUT2D eigenvalue weighted by atomic mass is 10.2. The van der Waals surface area contributed by atoms with E-state index in [-0.39, 0.29) is 11.7 Å². The van der Waals surface area contributed by atoms with Gasteiger partial charge in [-0.05, 0) is 24.3 Å². The van der Waals surface area contributed by atoms with Crippen LogP contribution in [0.25, 0.3) is 10.2 Å². The zero-order chi connectivity index (χ0) is 13.4. The maximum atomic E-state index is 12.2. The molecule has 2 aromatic rings. The molecule has 0 aromatic carbocycles. The van der Waals surface area contributed by atoms with Crippen LogP contribution in [0.2, 0.25) is 0 Å². The van der Waals surface area contributed by atoms with Gasteiger partial charge in [-0.2, -0.15) is 0 Å². The van der Waals surface area contributed by atoms with Gasteiger partial charge in [0.2, 0.25) is 0 Å². The molecule has 2 atom stereocenters. The van der Waals surface area contributed by atoms with Crippen LogP contribution in [0.5, 0.6) is 0 Å². The highest BCUT2D eigenvalue weighted by molar-refractivity contribution is 7.17. The van der Waals surface area contributed by atoms with Crippen LogP contribution in [0.1, 0.15) is 12.8 Å². The second kappa shape index (κ2) is 4.75. The van der Waals surface area contributed by atoms with E-state index in [9.17, 15) is 9.59 Å². The second-order valence-electron chi connectivity index (χ2n) is 4.50. The topological polar surface area (TPSA) is 81.4 Å². The molecule has 6 nitrogen and oxygen atoms in total. The Balaban J connectivity index is 1.81. The van der Waals surface area contributed by atoms with Gasteiger partial charge in [0, 0.05) is 0 Å². The number of aliphatic carboxylic acids is 1. The number of hydrogen-bond donors (Lipinski definition) is 1. The number of carbonyl (C=O) groups is 1. The lowest BCUT2D eigenvalue weighted by Gasteiger charge is -2.12. The number of carboxylic acid groups (broad SMARTS) is 1. The van der Waals surface area contributed by atoms with Crippen LogP contribution in [-0.2, 0) is 16.1 Å². The fraction of sp³-hybridized carbons (Fsp3) is 0.417. The normalized spacial score (nSPS) is 22.9. The number of thiophene rings is 1. The third kappa shape index (κ3) is 2.26. The average molecular weight is 280 g/mol. The molecule has 1 aliphatic heterocycles. The molecule has 1 fully saturated rings. The van der Waals surface area contributed by atoms with E-state index in [1.54, 1.807) is 6.07 Å². The third-order valence-electron chi connectivity index (χ3n) is 3.22. The van der Waals surface area contributed by atoms with Gasteiger partial charge in [-0.1, -0.05) is 0 Å². The van der Waals surface area contributed by atoms with E-state index in [4.69, 9.17) is 9.84 Å². The minimum absolute atomic E-state index is 0.0950. The van der Waals surface area contributed by atoms with Crippen molar-refractivity contribution in [2.45, 2.75) is 31.6 Å². The predicted molar refractivity (Wildman–Crippen MR) is 69.4 cm³/mol. The Morgan fingerprint density at radius 2 is 2.42 bits per heavy atom. The van der Waals surface area contributed by atoms with E-state index in [0.717, 1.165) is 0 Å². The quantitative estimate of drug-likeness (QED) is 0.910. The van der Waals surface area contributed by atoms with Crippen molar-refractivity contribution in [1.82, 2.24) is 9.55 Å². The van der Waals surface area contributed by atoms with Gasteiger partial charge >= 0.3 is 5.97 Å². The first kappa shape index (κ1) is 12.3. The van der Waals surface area contributed by atoms with Gasteiger partial charge < -0.3 is 9.84 Å². The summed E-state index contributed by atoms with van der Waals surface area (Å²) in [6.07, 6.45) is 1.64. The third-order valence-corrected chi connectivity index (χ3v) is 4.11. The molecule has 100 valence electrons. The van der Waals surface area contributed by atoms with Crippen LogP contribution in [0.4, 0.5) is 0 Å². The summed E-state index contributed by atoms with van der Waals surface area (Å²) in [5, 5.41) is 10.7. The SMILES string of the molecule is O=C(O)C1CCC(Cn2cnc3ccsc3c2=O)O1. The molecule has 3 heterocycles. The van der Waals surface area contributed by atoms with E-state index >= 15 is 0 Å². The lowest BCUT2D eigenvalue weighted by molar-refractivity contribution is -0.149. The van der Waals surface area contributed by atoms with Crippen LogP contribution in [0, 0.1) is 0 Å². The monoisotopic (exact) mass is 280 g/mol. The minimum atomic E-state index is -0.943. The Morgan fingerprint density at radius 3 is 3.16 bits per heavy atom. The number of hydrogen-bond acceptors (Lipinski definition) is 5. The van der Waals surface area contributed by atoms with E-state index in [1.165, 1.54) is 22.2 Å². The molecular formula is C12H12N2O4S. The molecular weight excluding hydrogens is 268 g/mol. The molecule has 2 aromatic heterocycles. The molecule has 2 unspecified atom stereocenters. The van der Waals surface area contributed by atoms with E-state index < -0.39 is 12.1 Å². The van der Waals surface area contributed by atoms with Crippen LogP contribution < -0.4 is 5.56 Å². The highest BCUT2D eigenvalue weighted by Crippen LogP contribution is 2.21. The summed E-state index contributed by atoms with van der Waals surface area (Å²) in [4.78, 5) is 27.2. The lowest BCUT2D eigenvalue weighted by Crippen LogP contribution is -2.28. The van der Waals surface area contributed by atoms with Crippen molar-refractivity contribution in [3.8, 4) is 0 Å². The van der Waals surface area contributed by atoms with Gasteiger partial charge in [0.15, 0.2) is 6.10 Å². The van der Waals surface area contributed by atoms with Gasteiger partial charge in [0.1, 0.15) is 4.70 Å². The van der Waals surface area contributed by atoms with Crippen molar-refractivity contribution in [1.29, 1.82) is 0 Å². The Bertz CT molecular complexity index is 678. The van der Waals surface area contributed by atoms with E-state index in [1.807, 2.05) is 5.38 Å². The summed E-state index contributed by atoms with van der Waals surface area (Å²) in [6, 6.07) is 1.80. The van der Waals surface area contributed by atoms with E-state index in [0.29, 0.717) is 29.6 Å². The first-order valence-corrected chi connectivity index (χ1v) is 6.84. The highest BCUT2D eigenvalue weighted by Gasteiger charge is 2.30. The number of nitrogens with zero attached hydrogens (tertiary/aromatic N) is 2. The predicted octanol–water partition coefficient (Wildman–Crippen LogP) is 1.09. The molecule has 0 spiro atoms. The fourth-order valence-corrected chi connectivity index (χ4v) is 3.04. The number of ether oxygens (including phenoxy) is 1. The van der Waals surface area contributed by atoms with E-state index in [2.05, 4.69) is 4.98 Å². The summed E-state index contributed by atoms with van der Waals surface area (Å²) in [5.41, 5.74) is 0.601. The van der Waals surface area contributed by atoms with Crippen molar-refractivity contribution < 1.29 is 14.6 Å². The van der Waals surface area contributed by atoms with Crippen LogP contribution in [0.15, 0.2) is 22.6 Å². The Kier molecular flexibility index (Phi) is 3.08. The van der Waals surface area contributed by atoms with Crippen LogP contribution >= 0.6 is 11.3 Å². The van der Waals surface area contributed by atoms with Crippen molar-refractivity contribution in [3.63, 3.8) is 0 Å². The van der Waals surface area contributed by atoms with Gasteiger partial charge in [-0.15, -0.1) is 11.3 Å². The molecule has 0 radical (unpaired) electrons. The van der Waals surface area contributed by atoms with Crippen molar-refractivity contribution in [2.24, 2.45) is 0 Å². The Hall–Kier alpha value is -1.73. The molecule has 1 N–H and O–H groups in total. The van der Waals surface area contributed by atoms with Gasteiger partial charge in [0.25, 0.3) is 5.56 Å². The zero-order valence-corrected chi connectivity index (χ0v) is 10.8. The number of carboxylic acids is 1. The first-order valence-electron chi connectivity index (χ1n) is 5.96. The molecule has 3 rings (SSSR count). The largest absolute Gasteiger partial charge is 0.479 e. The van der Waals surface area contributed by atoms with Crippen molar-refractivity contribution in [2.75, 3.05) is 0 Å². The fourth-order valence-electron chi connectivity index (χ4n) is 2.25. The van der Waals surface area contributed by atoms with Gasteiger partial charge in [0.05, 0.1) is 24.5 Å². The number of rotatable bonds is 3. The maximum absolute atomic E-state index is 12.2. The van der Waals surface area contributed by atoms with Crippen molar-refractivity contribution >= 4 is 27.5 Å². The van der Waals surface area contributed by atoms with Gasteiger partial charge in [-0.3, -0.25) is 9.36 Å². The molecule has 0 bridgehead atoms. The highest BCUT2D eigenvalue weighted by atomic mass is 32.1. The minimum Gasteiger partial charge on any atom is -0.479 e. The van der Waals surface area contributed by atoms with Crippen LogP contribution in [-0.4, -0.2) is 32.8 Å². The summed E-state index contributed by atoms with van der Waals surface area (Å²) >= 11 is 1.36. The number of aromatic nitrogens is 2. The summed E-state index contributed by atoms with van der Waals surface area (Å²) in [7, 11) is 0. The molecule has 19 heavy (non-hydrogen) atoms. The zero-order valence-electron chi connectivity index (χ0n) is 9.98. The Labute approximate surface area is 112 Å². The summed E-state index contributed by atoms with van der Waals surface area (Å²) < 4.78 is 7.51. The second-order valence-corrected chi connectivity index (χ2v) is 5.42. The molecule has 0 aliphatic carbocycles. The average Bonchev–Trinajstić information content (AvgIpc) is 3.01. The Morgan fingerprint density at radius 1 is 1.58 bits per heavy atom.